The smallest absolute Gasteiger partial charge is 0.308 e. The molecule has 1 fully saturated rings. The number of fused-ring (bicyclic) bond motifs is 8. The zero-order chi connectivity index (χ0) is 27.7. The van der Waals surface area contributed by atoms with Gasteiger partial charge in [-0.15, -0.1) is 0 Å². The third-order valence-electron chi connectivity index (χ3n) is 8.65. The Balaban J connectivity index is 1.48. The van der Waals surface area contributed by atoms with E-state index in [-0.39, 0.29) is 11.8 Å². The lowest BCUT2D eigenvalue weighted by Crippen LogP contribution is -2.42. The predicted molar refractivity (Wildman–Crippen MR) is 158 cm³/mol. The van der Waals surface area contributed by atoms with Crippen LogP contribution in [-0.4, -0.2) is 52.0 Å². The minimum absolute atomic E-state index is 0.0809. The van der Waals surface area contributed by atoms with Crippen molar-refractivity contribution in [2.24, 2.45) is 5.41 Å². The predicted octanol–water partition coefficient (Wildman–Crippen LogP) is 6.35. The Morgan fingerprint density at radius 1 is 1.02 bits per heavy atom. The van der Waals surface area contributed by atoms with Gasteiger partial charge in [-0.05, 0) is 67.2 Å². The highest BCUT2D eigenvalue weighted by Crippen LogP contribution is 2.37. The van der Waals surface area contributed by atoms with Crippen molar-refractivity contribution < 1.29 is 14.6 Å². The second-order valence-electron chi connectivity index (χ2n) is 11.8. The maximum Gasteiger partial charge on any atom is 0.308 e. The molecule has 1 saturated heterocycles. The molecule has 5 heterocycles. The number of benzene rings is 2. The summed E-state index contributed by atoms with van der Waals surface area (Å²) < 4.78 is 8.07. The van der Waals surface area contributed by atoms with Gasteiger partial charge in [0.25, 0.3) is 0 Å². The van der Waals surface area contributed by atoms with Gasteiger partial charge in [0, 0.05) is 42.6 Å². The summed E-state index contributed by atoms with van der Waals surface area (Å²) in [6, 6.07) is 19.3. The number of rotatable bonds is 2. The number of carboxylic acids is 1. The topological polar surface area (TPSA) is 80.0 Å². The Morgan fingerprint density at radius 3 is 2.65 bits per heavy atom. The summed E-state index contributed by atoms with van der Waals surface area (Å²) in [5, 5.41) is 14.8. The lowest BCUT2D eigenvalue weighted by molar-refractivity contribution is -0.136. The van der Waals surface area contributed by atoms with Crippen molar-refractivity contribution in [1.82, 2.24) is 14.6 Å². The molecule has 0 unspecified atom stereocenters. The summed E-state index contributed by atoms with van der Waals surface area (Å²) in [5.41, 5.74) is 7.99. The first-order valence-corrected chi connectivity index (χ1v) is 14.5. The highest BCUT2D eigenvalue weighted by molar-refractivity contribution is 5.77. The summed E-state index contributed by atoms with van der Waals surface area (Å²) in [7, 11) is 0. The normalized spacial score (nSPS) is 17.6. The SMILES string of the molecule is Cc1nc2cc3nn2c(c1CC(=O)O)N1CCC(C)(CC1)COCCCCCc1ccccc1-c1cccc-3c1. The molecule has 40 heavy (non-hydrogen) atoms. The average molecular weight is 539 g/mol. The molecule has 4 aromatic rings. The summed E-state index contributed by atoms with van der Waals surface area (Å²) >= 11 is 0. The third kappa shape index (κ3) is 5.35. The van der Waals surface area contributed by atoms with Crippen LogP contribution in [0.2, 0.25) is 0 Å². The Bertz CT molecular complexity index is 1530. The molecule has 1 N–H and O–H groups in total. The van der Waals surface area contributed by atoms with Gasteiger partial charge >= 0.3 is 5.97 Å². The van der Waals surface area contributed by atoms with Crippen molar-refractivity contribution in [3.05, 3.63) is 71.4 Å². The van der Waals surface area contributed by atoms with Crippen LogP contribution in [0, 0.1) is 12.3 Å². The molecule has 0 radical (unpaired) electrons. The van der Waals surface area contributed by atoms with E-state index in [0.29, 0.717) is 0 Å². The minimum Gasteiger partial charge on any atom is -0.481 e. The molecule has 0 spiro atoms. The third-order valence-corrected chi connectivity index (χ3v) is 8.65. The second-order valence-corrected chi connectivity index (χ2v) is 11.8. The van der Waals surface area contributed by atoms with Crippen LogP contribution in [-0.2, 0) is 22.4 Å². The van der Waals surface area contributed by atoms with Crippen LogP contribution < -0.4 is 4.90 Å². The number of nitrogens with zero attached hydrogens (tertiary/aromatic N) is 4. The summed E-state index contributed by atoms with van der Waals surface area (Å²) in [4.78, 5) is 19.0. The van der Waals surface area contributed by atoms with Gasteiger partial charge in [-0.3, -0.25) is 4.79 Å². The molecule has 0 atom stereocenters. The molecule has 6 bridgehead atoms. The van der Waals surface area contributed by atoms with E-state index in [0.717, 1.165) is 98.8 Å². The molecule has 0 aliphatic carbocycles. The van der Waals surface area contributed by atoms with E-state index >= 15 is 0 Å². The zero-order valence-electron chi connectivity index (χ0n) is 23.5. The fourth-order valence-corrected chi connectivity index (χ4v) is 6.24. The van der Waals surface area contributed by atoms with Gasteiger partial charge in [0.15, 0.2) is 5.65 Å². The highest BCUT2D eigenvalue weighted by Gasteiger charge is 2.33. The van der Waals surface area contributed by atoms with Gasteiger partial charge in [0.2, 0.25) is 0 Å². The molecule has 7 heteroatoms. The molecule has 0 amide bonds. The van der Waals surface area contributed by atoms with Gasteiger partial charge in [-0.1, -0.05) is 55.8 Å². The van der Waals surface area contributed by atoms with Crippen molar-refractivity contribution in [2.45, 2.75) is 58.8 Å². The molecule has 3 aliphatic heterocycles. The van der Waals surface area contributed by atoms with Crippen molar-refractivity contribution in [3.63, 3.8) is 0 Å². The standard InChI is InChI=1S/C33H38N4O3/c1-23-28(20-31(38)39)32-36-16-14-33(2,15-17-36)22-40-18-7-3-4-9-24-10-5-6-13-27(24)25-11-8-12-26(19-25)29-21-30(34-23)37(32)35-29/h5-6,8,10-13,19,21H,3-4,7,9,14-18,20,22H2,1-2H3,(H,38,39). The Labute approximate surface area is 235 Å². The van der Waals surface area contributed by atoms with Crippen LogP contribution in [0.5, 0.6) is 0 Å². The summed E-state index contributed by atoms with van der Waals surface area (Å²) in [5.74, 6) is -0.00374. The van der Waals surface area contributed by atoms with E-state index in [9.17, 15) is 9.90 Å². The summed E-state index contributed by atoms with van der Waals surface area (Å²) in [6.45, 7) is 7.44. The van der Waals surface area contributed by atoms with Crippen LogP contribution in [0.25, 0.3) is 28.0 Å². The van der Waals surface area contributed by atoms with E-state index in [1.165, 1.54) is 16.7 Å². The van der Waals surface area contributed by atoms with Crippen molar-refractivity contribution >= 4 is 17.4 Å². The first kappa shape index (κ1) is 26.5. The van der Waals surface area contributed by atoms with Gasteiger partial charge in [0.1, 0.15) is 5.82 Å². The van der Waals surface area contributed by atoms with Crippen LogP contribution in [0.1, 0.15) is 55.8 Å². The number of hydrogen-bond donors (Lipinski definition) is 1. The maximum atomic E-state index is 11.9. The number of carbonyl (C=O) groups is 1. The molecular formula is C33H38N4O3. The van der Waals surface area contributed by atoms with E-state index < -0.39 is 5.97 Å². The van der Waals surface area contributed by atoms with Crippen LogP contribution in [0.3, 0.4) is 0 Å². The van der Waals surface area contributed by atoms with Crippen molar-refractivity contribution in [3.8, 4) is 22.4 Å². The van der Waals surface area contributed by atoms with E-state index in [2.05, 4.69) is 60.4 Å². The van der Waals surface area contributed by atoms with Gasteiger partial charge in [0.05, 0.1) is 18.7 Å². The molecule has 2 aromatic carbocycles. The summed E-state index contributed by atoms with van der Waals surface area (Å²) in [6.07, 6.45) is 6.30. The largest absolute Gasteiger partial charge is 0.481 e. The number of hydrogen-bond acceptors (Lipinski definition) is 5. The molecule has 2 aromatic heterocycles. The van der Waals surface area contributed by atoms with E-state index in [1.807, 2.05) is 17.5 Å². The minimum atomic E-state index is -0.860. The lowest BCUT2D eigenvalue weighted by atomic mass is 9.81. The monoisotopic (exact) mass is 538 g/mol. The zero-order valence-corrected chi connectivity index (χ0v) is 23.5. The Kier molecular flexibility index (Phi) is 7.32. The molecule has 208 valence electrons. The lowest BCUT2D eigenvalue weighted by Gasteiger charge is -2.40. The number of aryl methyl sites for hydroxylation is 2. The molecule has 7 rings (SSSR count). The Morgan fingerprint density at radius 2 is 1.82 bits per heavy atom. The fourth-order valence-electron chi connectivity index (χ4n) is 6.24. The molecule has 7 nitrogen and oxygen atoms in total. The first-order chi connectivity index (χ1) is 19.4. The van der Waals surface area contributed by atoms with Gasteiger partial charge in [-0.25, -0.2) is 4.98 Å². The van der Waals surface area contributed by atoms with E-state index in [4.69, 9.17) is 14.8 Å². The number of aromatic nitrogens is 3. The number of piperidine rings is 1. The van der Waals surface area contributed by atoms with E-state index in [1.54, 1.807) is 0 Å². The van der Waals surface area contributed by atoms with Crippen LogP contribution in [0.15, 0.2) is 54.6 Å². The Hall–Kier alpha value is -3.71. The van der Waals surface area contributed by atoms with Crippen LogP contribution in [0.4, 0.5) is 5.82 Å². The van der Waals surface area contributed by atoms with Gasteiger partial charge < -0.3 is 14.7 Å². The fraction of sp³-hybridized carbons (Fsp3) is 0.424. The van der Waals surface area contributed by atoms with Gasteiger partial charge in [-0.2, -0.15) is 9.61 Å². The number of carboxylic acid groups (broad SMARTS) is 1. The number of aliphatic carboxylic acids is 1. The highest BCUT2D eigenvalue weighted by atomic mass is 16.5. The average Bonchev–Trinajstić information content (AvgIpc) is 3.37. The molecular weight excluding hydrogens is 500 g/mol. The number of ether oxygens (including phenoxy) is 1. The quantitative estimate of drug-likeness (QED) is 0.320. The molecule has 0 saturated carbocycles. The first-order valence-electron chi connectivity index (χ1n) is 14.5. The van der Waals surface area contributed by atoms with Crippen molar-refractivity contribution in [2.75, 3.05) is 31.2 Å². The van der Waals surface area contributed by atoms with Crippen molar-refractivity contribution in [1.29, 1.82) is 0 Å². The number of anilines is 1. The maximum absolute atomic E-state index is 11.9. The molecule has 3 aliphatic rings. The second kappa shape index (κ2) is 11.0. The van der Waals surface area contributed by atoms with Crippen LogP contribution >= 0.6 is 0 Å².